The minimum Gasteiger partial charge on any atom is -0.394 e. The number of piperazine rings is 1. The molecule has 2 aromatic carbocycles. The average Bonchev–Trinajstić information content (AvgIpc) is 3.35. The summed E-state index contributed by atoms with van der Waals surface area (Å²) in [4.78, 5) is 29.2. The van der Waals surface area contributed by atoms with Gasteiger partial charge in [-0.1, -0.05) is 55.0 Å². The molecule has 1 N–H and O–H groups in total. The van der Waals surface area contributed by atoms with Gasteiger partial charge in [0.15, 0.2) is 0 Å². The molecule has 170 valence electrons. The molecular weight excluding hydrogens is 412 g/mol. The van der Waals surface area contributed by atoms with Crippen molar-refractivity contribution >= 4 is 11.8 Å². The molecule has 2 heterocycles. The van der Waals surface area contributed by atoms with Crippen LogP contribution in [0, 0.1) is 17.8 Å². The minimum absolute atomic E-state index is 0.00539. The Bertz CT molecular complexity index is 1060. The summed E-state index contributed by atoms with van der Waals surface area (Å²) in [6, 6.07) is 16.9. The molecule has 3 aliphatic rings. The van der Waals surface area contributed by atoms with E-state index in [0.717, 1.165) is 23.5 Å². The molecule has 0 unspecified atom stereocenters. The van der Waals surface area contributed by atoms with E-state index in [4.69, 9.17) is 0 Å². The van der Waals surface area contributed by atoms with E-state index in [1.807, 2.05) is 30.3 Å². The van der Waals surface area contributed by atoms with Gasteiger partial charge < -0.3 is 14.9 Å². The molecule has 0 aromatic heterocycles. The maximum absolute atomic E-state index is 12.9. The van der Waals surface area contributed by atoms with Crippen molar-refractivity contribution in [3.63, 3.8) is 0 Å². The Morgan fingerprint density at radius 2 is 1.76 bits per heavy atom. The molecule has 33 heavy (non-hydrogen) atoms. The van der Waals surface area contributed by atoms with Crippen molar-refractivity contribution in [2.45, 2.75) is 50.1 Å². The van der Waals surface area contributed by atoms with E-state index < -0.39 is 0 Å². The third kappa shape index (κ3) is 4.28. The molecule has 3 atom stereocenters. The number of hydrogen-bond acceptors (Lipinski definition) is 3. The van der Waals surface area contributed by atoms with Crippen molar-refractivity contribution < 1.29 is 14.7 Å². The number of nitrogens with zero attached hydrogens (tertiary/aromatic N) is 2. The van der Waals surface area contributed by atoms with Gasteiger partial charge in [0.1, 0.15) is 6.54 Å². The zero-order valence-corrected chi connectivity index (χ0v) is 18.8. The zero-order chi connectivity index (χ0) is 22.8. The van der Waals surface area contributed by atoms with Crippen LogP contribution in [0.1, 0.15) is 59.5 Å². The quantitative estimate of drug-likeness (QED) is 0.738. The Kier molecular flexibility index (Phi) is 6.20. The van der Waals surface area contributed by atoms with E-state index in [2.05, 4.69) is 24.0 Å². The highest BCUT2D eigenvalue weighted by atomic mass is 16.3. The molecule has 1 aliphatic carbocycles. The molecule has 5 rings (SSSR count). The van der Waals surface area contributed by atoms with Gasteiger partial charge in [-0.3, -0.25) is 9.59 Å². The largest absolute Gasteiger partial charge is 0.394 e. The van der Waals surface area contributed by atoms with Crippen LogP contribution in [0.3, 0.4) is 0 Å². The fraction of sp³-hybridized carbons (Fsp3) is 0.429. The first-order valence-electron chi connectivity index (χ1n) is 12.0. The van der Waals surface area contributed by atoms with Gasteiger partial charge in [-0.15, -0.1) is 0 Å². The van der Waals surface area contributed by atoms with Crippen LogP contribution in [-0.2, 0) is 4.79 Å². The molecule has 0 spiro atoms. The van der Waals surface area contributed by atoms with E-state index in [-0.39, 0.29) is 43.0 Å². The van der Waals surface area contributed by atoms with Gasteiger partial charge in [-0.2, -0.15) is 0 Å². The summed E-state index contributed by atoms with van der Waals surface area (Å²) >= 11 is 0. The van der Waals surface area contributed by atoms with Crippen LogP contribution in [0.15, 0.2) is 54.6 Å². The third-order valence-electron chi connectivity index (χ3n) is 7.45. The first-order valence-corrected chi connectivity index (χ1v) is 12.0. The summed E-state index contributed by atoms with van der Waals surface area (Å²) in [5.41, 5.74) is 2.67. The van der Waals surface area contributed by atoms with Gasteiger partial charge in [0, 0.05) is 30.0 Å². The first kappa shape index (κ1) is 21.7. The molecular formula is C28H30N2O3. The third-order valence-corrected chi connectivity index (χ3v) is 7.45. The average molecular weight is 443 g/mol. The summed E-state index contributed by atoms with van der Waals surface area (Å²) in [5.74, 6) is 7.17. The van der Waals surface area contributed by atoms with Gasteiger partial charge in [0.25, 0.3) is 5.91 Å². The van der Waals surface area contributed by atoms with E-state index in [1.165, 1.54) is 25.7 Å². The van der Waals surface area contributed by atoms with E-state index in [9.17, 15) is 14.7 Å². The van der Waals surface area contributed by atoms with Crippen LogP contribution in [0.25, 0.3) is 0 Å². The maximum Gasteiger partial charge on any atom is 0.254 e. The van der Waals surface area contributed by atoms with Crippen LogP contribution in [0.2, 0.25) is 0 Å². The number of hydrogen-bond donors (Lipinski definition) is 1. The number of carbonyl (C=O) groups excluding carboxylic acids is 2. The zero-order valence-electron chi connectivity index (χ0n) is 18.8. The lowest BCUT2D eigenvalue weighted by molar-refractivity contribution is -0.159. The number of carbonyl (C=O) groups is 2. The van der Waals surface area contributed by atoms with Crippen LogP contribution < -0.4 is 0 Å². The number of aliphatic hydroxyl groups is 1. The fourth-order valence-corrected chi connectivity index (χ4v) is 5.72. The molecule has 5 nitrogen and oxygen atoms in total. The Hall–Kier alpha value is -3.10. The highest BCUT2D eigenvalue weighted by Crippen LogP contribution is 2.43. The van der Waals surface area contributed by atoms with Crippen molar-refractivity contribution in [2.24, 2.45) is 5.92 Å². The van der Waals surface area contributed by atoms with Crippen LogP contribution in [0.4, 0.5) is 0 Å². The molecule has 2 amide bonds. The van der Waals surface area contributed by atoms with E-state index in [0.29, 0.717) is 12.1 Å². The summed E-state index contributed by atoms with van der Waals surface area (Å²) in [6.07, 6.45) is 6.25. The van der Waals surface area contributed by atoms with E-state index in [1.54, 1.807) is 21.9 Å². The number of benzene rings is 2. The van der Waals surface area contributed by atoms with Gasteiger partial charge in [-0.05, 0) is 48.6 Å². The Morgan fingerprint density at radius 3 is 2.45 bits per heavy atom. The van der Waals surface area contributed by atoms with Gasteiger partial charge >= 0.3 is 0 Å². The fourth-order valence-electron chi connectivity index (χ4n) is 5.72. The van der Waals surface area contributed by atoms with E-state index >= 15 is 0 Å². The summed E-state index contributed by atoms with van der Waals surface area (Å²) in [6.45, 7) is 0.453. The predicted molar refractivity (Wildman–Crippen MR) is 126 cm³/mol. The molecule has 3 fully saturated rings. The van der Waals surface area contributed by atoms with Crippen molar-refractivity contribution in [1.82, 2.24) is 9.80 Å². The summed E-state index contributed by atoms with van der Waals surface area (Å²) in [5, 5.41) is 10.0. The Labute approximate surface area is 195 Å². The Balaban J connectivity index is 1.30. The van der Waals surface area contributed by atoms with Gasteiger partial charge in [0.05, 0.1) is 18.7 Å². The standard InChI is InChI=1S/C28H30N2O3/c31-19-25-27(22-15-13-21(14-16-22)10-6-9-20-7-4-5-8-20)24-17-29(18-26(32)30(24)25)28(33)23-11-2-1-3-12-23/h1-3,11-16,20,24-25,27,31H,4-5,7-9,17-19H2/t24-,25-,27+/m0/s1. The number of amides is 2. The smallest absolute Gasteiger partial charge is 0.254 e. The summed E-state index contributed by atoms with van der Waals surface area (Å²) < 4.78 is 0. The number of rotatable bonds is 4. The maximum atomic E-state index is 12.9. The molecule has 2 saturated heterocycles. The molecule has 2 aliphatic heterocycles. The molecule has 0 bridgehead atoms. The monoisotopic (exact) mass is 442 g/mol. The highest BCUT2D eigenvalue weighted by Gasteiger charge is 2.54. The van der Waals surface area contributed by atoms with Crippen LogP contribution in [-0.4, -0.2) is 58.5 Å². The molecule has 0 radical (unpaired) electrons. The van der Waals surface area contributed by atoms with Gasteiger partial charge in [0.2, 0.25) is 5.91 Å². The Morgan fingerprint density at radius 1 is 1.03 bits per heavy atom. The first-order chi connectivity index (χ1) is 16.2. The van der Waals surface area contributed by atoms with Crippen molar-refractivity contribution in [1.29, 1.82) is 0 Å². The lowest BCUT2D eigenvalue weighted by Crippen LogP contribution is -2.73. The van der Waals surface area contributed by atoms with Crippen molar-refractivity contribution in [3.8, 4) is 11.8 Å². The number of aliphatic hydroxyl groups excluding tert-OH is 1. The molecule has 1 saturated carbocycles. The second kappa shape index (κ2) is 9.41. The van der Waals surface area contributed by atoms with Crippen LogP contribution in [0.5, 0.6) is 0 Å². The normalized spacial score (nSPS) is 24.6. The second-order valence-corrected chi connectivity index (χ2v) is 9.47. The molecule has 5 heteroatoms. The van der Waals surface area contributed by atoms with Crippen LogP contribution >= 0.6 is 0 Å². The topological polar surface area (TPSA) is 60.9 Å². The van der Waals surface area contributed by atoms with Crippen molar-refractivity contribution in [2.75, 3.05) is 19.7 Å². The highest BCUT2D eigenvalue weighted by molar-refractivity contribution is 5.97. The second-order valence-electron chi connectivity index (χ2n) is 9.47. The van der Waals surface area contributed by atoms with Gasteiger partial charge in [-0.25, -0.2) is 0 Å². The lowest BCUT2D eigenvalue weighted by atomic mass is 9.73. The lowest BCUT2D eigenvalue weighted by Gasteiger charge is -2.58. The summed E-state index contributed by atoms with van der Waals surface area (Å²) in [7, 11) is 0. The predicted octanol–water partition coefficient (Wildman–Crippen LogP) is 3.43. The SMILES string of the molecule is O=C(c1ccccc1)N1CC(=O)N2[C@@H](CO)[C@H](c3ccc(C#CCC4CCCC4)cc3)[C@@H]2C1. The number of fused-ring (bicyclic) bond motifs is 1. The van der Waals surface area contributed by atoms with Crippen molar-refractivity contribution in [3.05, 3.63) is 71.3 Å². The molecule has 2 aromatic rings. The minimum atomic E-state index is -0.240.